The summed E-state index contributed by atoms with van der Waals surface area (Å²) in [4.78, 5) is 6.48. The topological polar surface area (TPSA) is 37.4 Å². The van der Waals surface area contributed by atoms with Crippen LogP contribution in [0.3, 0.4) is 0 Å². The lowest BCUT2D eigenvalue weighted by Gasteiger charge is -2.16. The molecule has 1 aromatic rings. The molecule has 0 atom stereocenters. The summed E-state index contributed by atoms with van der Waals surface area (Å²) in [6.45, 7) is 4.41. The van der Waals surface area contributed by atoms with E-state index in [9.17, 15) is 0 Å². The fraction of sp³-hybridized carbons (Fsp3) is 0.583. The van der Waals surface area contributed by atoms with E-state index in [2.05, 4.69) is 22.2 Å². The minimum Gasteiger partial charge on any atom is -0.383 e. The molecule has 0 fully saturated rings. The van der Waals surface area contributed by atoms with Crippen LogP contribution in [0.4, 0.5) is 0 Å². The number of likely N-dealkylation sites (N-methyl/N-ethyl adjacent to an activating group) is 1. The van der Waals surface area contributed by atoms with E-state index in [1.54, 1.807) is 13.3 Å². The summed E-state index contributed by atoms with van der Waals surface area (Å²) in [5.41, 5.74) is 1.04. The summed E-state index contributed by atoms with van der Waals surface area (Å²) in [7, 11) is 3.79. The molecular weight excluding hydrogens is 238 g/mol. The Balaban J connectivity index is 2.16. The Morgan fingerprint density at radius 1 is 1.41 bits per heavy atom. The van der Waals surface area contributed by atoms with Gasteiger partial charge in [0.1, 0.15) is 0 Å². The maximum absolute atomic E-state index is 5.78. The number of ether oxygens (including phenoxy) is 1. The Bertz CT molecular complexity index is 305. The van der Waals surface area contributed by atoms with Crippen molar-refractivity contribution in [3.8, 4) is 0 Å². The zero-order valence-electron chi connectivity index (χ0n) is 10.4. The molecule has 0 aliphatic carbocycles. The van der Waals surface area contributed by atoms with Gasteiger partial charge >= 0.3 is 0 Å². The lowest BCUT2D eigenvalue weighted by molar-refractivity contribution is 0.197. The van der Waals surface area contributed by atoms with E-state index < -0.39 is 0 Å². The van der Waals surface area contributed by atoms with Crippen molar-refractivity contribution < 1.29 is 4.74 Å². The van der Waals surface area contributed by atoms with Crippen LogP contribution < -0.4 is 5.32 Å². The number of rotatable bonds is 8. The SMILES string of the molecule is COCCNCCN(C)Cc1ccc(Cl)cn1. The van der Waals surface area contributed by atoms with E-state index in [0.29, 0.717) is 5.02 Å². The van der Waals surface area contributed by atoms with Crippen molar-refractivity contribution >= 4 is 11.6 Å². The molecule has 0 amide bonds. The molecule has 0 aliphatic rings. The zero-order valence-corrected chi connectivity index (χ0v) is 11.2. The smallest absolute Gasteiger partial charge is 0.0589 e. The number of hydrogen-bond donors (Lipinski definition) is 1. The van der Waals surface area contributed by atoms with Gasteiger partial charge < -0.3 is 10.1 Å². The van der Waals surface area contributed by atoms with Crippen LogP contribution in [0.25, 0.3) is 0 Å². The number of nitrogens with one attached hydrogen (secondary N) is 1. The highest BCUT2D eigenvalue weighted by Gasteiger charge is 2.01. The van der Waals surface area contributed by atoms with E-state index in [1.807, 2.05) is 12.1 Å². The highest BCUT2D eigenvalue weighted by atomic mass is 35.5. The van der Waals surface area contributed by atoms with Crippen molar-refractivity contribution in [1.29, 1.82) is 0 Å². The van der Waals surface area contributed by atoms with Gasteiger partial charge in [0, 0.05) is 39.5 Å². The van der Waals surface area contributed by atoms with Gasteiger partial charge in [-0.3, -0.25) is 9.88 Å². The predicted octanol–water partition coefficient (Wildman–Crippen LogP) is 1.40. The van der Waals surface area contributed by atoms with E-state index in [1.165, 1.54) is 0 Å². The molecule has 5 heteroatoms. The van der Waals surface area contributed by atoms with Crippen molar-refractivity contribution in [2.24, 2.45) is 0 Å². The van der Waals surface area contributed by atoms with E-state index in [4.69, 9.17) is 16.3 Å². The first kappa shape index (κ1) is 14.4. The zero-order chi connectivity index (χ0) is 12.5. The van der Waals surface area contributed by atoms with Gasteiger partial charge in [-0.1, -0.05) is 11.6 Å². The molecule has 4 nitrogen and oxygen atoms in total. The molecule has 0 unspecified atom stereocenters. The summed E-state index contributed by atoms with van der Waals surface area (Å²) in [5, 5.41) is 3.98. The summed E-state index contributed by atoms with van der Waals surface area (Å²) in [5.74, 6) is 0. The standard InChI is InChI=1S/C12H20ClN3O/c1-16(7-5-14-6-8-17-2)10-12-4-3-11(13)9-15-12/h3-4,9,14H,5-8,10H2,1-2H3. The average molecular weight is 258 g/mol. The van der Waals surface area contributed by atoms with Gasteiger partial charge in [0.15, 0.2) is 0 Å². The highest BCUT2D eigenvalue weighted by Crippen LogP contribution is 2.07. The second-order valence-electron chi connectivity index (χ2n) is 3.95. The summed E-state index contributed by atoms with van der Waals surface area (Å²) in [6.07, 6.45) is 1.68. The number of methoxy groups -OCH3 is 1. The molecule has 17 heavy (non-hydrogen) atoms. The molecule has 0 saturated carbocycles. The summed E-state index contributed by atoms with van der Waals surface area (Å²) in [6, 6.07) is 3.83. The molecule has 0 aliphatic heterocycles. The predicted molar refractivity (Wildman–Crippen MR) is 70.3 cm³/mol. The minimum absolute atomic E-state index is 0.678. The first-order valence-electron chi connectivity index (χ1n) is 5.71. The van der Waals surface area contributed by atoms with Gasteiger partial charge in [-0.15, -0.1) is 0 Å². The molecule has 1 N–H and O–H groups in total. The normalized spacial score (nSPS) is 11.1. The lowest BCUT2D eigenvalue weighted by Crippen LogP contribution is -2.30. The first-order chi connectivity index (χ1) is 8.22. The summed E-state index contributed by atoms with van der Waals surface area (Å²) >= 11 is 5.78. The Labute approximate surface area is 108 Å². The Hall–Kier alpha value is -0.680. The largest absolute Gasteiger partial charge is 0.383 e. The number of pyridine rings is 1. The maximum atomic E-state index is 5.78. The van der Waals surface area contributed by atoms with E-state index in [-0.39, 0.29) is 0 Å². The molecule has 0 radical (unpaired) electrons. The van der Waals surface area contributed by atoms with Gasteiger partial charge in [-0.05, 0) is 19.2 Å². The molecule has 1 aromatic heterocycles. The van der Waals surface area contributed by atoms with Gasteiger partial charge in [-0.2, -0.15) is 0 Å². The van der Waals surface area contributed by atoms with Crippen molar-refractivity contribution in [2.45, 2.75) is 6.54 Å². The third-order valence-electron chi connectivity index (χ3n) is 2.37. The Kier molecular flexibility index (Phi) is 7.12. The third kappa shape index (κ3) is 6.58. The van der Waals surface area contributed by atoms with Crippen molar-refractivity contribution in [2.75, 3.05) is 40.4 Å². The van der Waals surface area contributed by atoms with Crippen LogP contribution in [0, 0.1) is 0 Å². The Morgan fingerprint density at radius 3 is 2.88 bits per heavy atom. The van der Waals surface area contributed by atoms with Crippen LogP contribution in [0.15, 0.2) is 18.3 Å². The second-order valence-corrected chi connectivity index (χ2v) is 4.38. The Morgan fingerprint density at radius 2 is 2.24 bits per heavy atom. The first-order valence-corrected chi connectivity index (χ1v) is 6.09. The van der Waals surface area contributed by atoms with Crippen LogP contribution in [-0.4, -0.2) is 50.3 Å². The average Bonchev–Trinajstić information content (AvgIpc) is 2.32. The second kappa shape index (κ2) is 8.42. The van der Waals surface area contributed by atoms with Crippen LogP contribution in [0.1, 0.15) is 5.69 Å². The lowest BCUT2D eigenvalue weighted by atomic mass is 10.3. The maximum Gasteiger partial charge on any atom is 0.0589 e. The molecule has 0 aromatic carbocycles. The molecule has 96 valence electrons. The van der Waals surface area contributed by atoms with Crippen LogP contribution in [0.5, 0.6) is 0 Å². The number of hydrogen-bond acceptors (Lipinski definition) is 4. The quantitative estimate of drug-likeness (QED) is 0.715. The molecule has 0 bridgehead atoms. The summed E-state index contributed by atoms with van der Waals surface area (Å²) < 4.78 is 4.96. The molecular formula is C12H20ClN3O. The fourth-order valence-electron chi connectivity index (χ4n) is 1.42. The minimum atomic E-state index is 0.678. The number of nitrogens with zero attached hydrogens (tertiary/aromatic N) is 2. The van der Waals surface area contributed by atoms with Crippen molar-refractivity contribution in [1.82, 2.24) is 15.2 Å². The van der Waals surface area contributed by atoms with Gasteiger partial charge in [0.25, 0.3) is 0 Å². The van der Waals surface area contributed by atoms with Crippen LogP contribution >= 0.6 is 11.6 Å². The van der Waals surface area contributed by atoms with Crippen molar-refractivity contribution in [3.63, 3.8) is 0 Å². The van der Waals surface area contributed by atoms with E-state index in [0.717, 1.165) is 38.5 Å². The van der Waals surface area contributed by atoms with E-state index >= 15 is 0 Å². The molecule has 0 spiro atoms. The molecule has 0 saturated heterocycles. The monoisotopic (exact) mass is 257 g/mol. The van der Waals surface area contributed by atoms with Gasteiger partial charge in [0.2, 0.25) is 0 Å². The van der Waals surface area contributed by atoms with Crippen LogP contribution in [-0.2, 0) is 11.3 Å². The molecule has 1 rings (SSSR count). The van der Waals surface area contributed by atoms with Crippen molar-refractivity contribution in [3.05, 3.63) is 29.0 Å². The number of aromatic nitrogens is 1. The number of halogens is 1. The van der Waals surface area contributed by atoms with Crippen LogP contribution in [0.2, 0.25) is 5.02 Å². The fourth-order valence-corrected chi connectivity index (χ4v) is 1.54. The third-order valence-corrected chi connectivity index (χ3v) is 2.60. The molecule has 1 heterocycles. The highest BCUT2D eigenvalue weighted by molar-refractivity contribution is 6.30. The van der Waals surface area contributed by atoms with Gasteiger partial charge in [0.05, 0.1) is 17.3 Å². The van der Waals surface area contributed by atoms with Gasteiger partial charge in [-0.25, -0.2) is 0 Å².